The third-order valence-electron chi connectivity index (χ3n) is 5.34. The van der Waals surface area contributed by atoms with Gasteiger partial charge >= 0.3 is 0 Å². The van der Waals surface area contributed by atoms with E-state index in [9.17, 15) is 4.79 Å². The van der Waals surface area contributed by atoms with Crippen molar-refractivity contribution in [2.45, 2.75) is 39.2 Å². The molecule has 128 valence electrons. The van der Waals surface area contributed by atoms with Gasteiger partial charge in [-0.25, -0.2) is 0 Å². The van der Waals surface area contributed by atoms with E-state index in [-0.39, 0.29) is 0 Å². The summed E-state index contributed by atoms with van der Waals surface area (Å²) < 4.78 is 1.98. The normalized spacial score (nSPS) is 22.7. The third-order valence-corrected chi connectivity index (χ3v) is 5.34. The van der Waals surface area contributed by atoms with Crippen LogP contribution in [0.5, 0.6) is 0 Å². The van der Waals surface area contributed by atoms with Gasteiger partial charge in [0.2, 0.25) is 5.91 Å². The molecule has 23 heavy (non-hydrogen) atoms. The molecule has 0 saturated carbocycles. The molecule has 0 bridgehead atoms. The Morgan fingerprint density at radius 3 is 2.65 bits per heavy atom. The number of hydrogen-bond donors (Lipinski definition) is 1. The van der Waals surface area contributed by atoms with E-state index < -0.39 is 0 Å². The summed E-state index contributed by atoms with van der Waals surface area (Å²) in [6, 6.07) is 0.430. The summed E-state index contributed by atoms with van der Waals surface area (Å²) >= 11 is 0. The molecule has 1 aromatic rings. The van der Waals surface area contributed by atoms with Crippen molar-refractivity contribution in [3.63, 3.8) is 0 Å². The first-order chi connectivity index (χ1) is 11.1. The summed E-state index contributed by atoms with van der Waals surface area (Å²) in [6.07, 6.45) is 3.02. The first-order valence-electron chi connectivity index (χ1n) is 8.80. The lowest BCUT2D eigenvalue weighted by Crippen LogP contribution is -2.47. The van der Waals surface area contributed by atoms with E-state index in [1.807, 2.05) is 16.6 Å². The van der Waals surface area contributed by atoms with E-state index in [1.54, 1.807) is 0 Å². The molecule has 2 saturated heterocycles. The number of hydrogen-bond acceptors (Lipinski definition) is 4. The topological polar surface area (TPSA) is 53.4 Å². The first kappa shape index (κ1) is 16.5. The predicted octanol–water partition coefficient (Wildman–Crippen LogP) is 0.996. The molecule has 2 aliphatic rings. The van der Waals surface area contributed by atoms with Gasteiger partial charge in [0.1, 0.15) is 0 Å². The smallest absolute Gasteiger partial charge is 0.223 e. The molecule has 2 aliphatic heterocycles. The fraction of sp³-hybridized carbons (Fsp3) is 0.765. The molecule has 6 nitrogen and oxygen atoms in total. The van der Waals surface area contributed by atoms with E-state index in [4.69, 9.17) is 0 Å². The minimum Gasteiger partial charge on any atom is -0.340 e. The van der Waals surface area contributed by atoms with Crippen LogP contribution in [0.3, 0.4) is 0 Å². The Balaban J connectivity index is 1.62. The van der Waals surface area contributed by atoms with Gasteiger partial charge in [-0.1, -0.05) is 0 Å². The van der Waals surface area contributed by atoms with Crippen molar-refractivity contribution < 1.29 is 4.79 Å². The second-order valence-electron chi connectivity index (χ2n) is 6.78. The van der Waals surface area contributed by atoms with Gasteiger partial charge in [0, 0.05) is 63.5 Å². The maximum absolute atomic E-state index is 12.4. The zero-order valence-corrected chi connectivity index (χ0v) is 14.6. The molecule has 0 radical (unpaired) electrons. The van der Waals surface area contributed by atoms with Crippen LogP contribution in [0, 0.1) is 13.8 Å². The molecule has 1 N–H and O–H groups in total. The van der Waals surface area contributed by atoms with Gasteiger partial charge in [-0.3, -0.25) is 14.4 Å². The highest BCUT2D eigenvalue weighted by molar-refractivity contribution is 5.76. The summed E-state index contributed by atoms with van der Waals surface area (Å²) in [5.74, 6) is 0.303. The summed E-state index contributed by atoms with van der Waals surface area (Å²) in [6.45, 7) is 9.75. The molecule has 1 aromatic heterocycles. The lowest BCUT2D eigenvalue weighted by atomic mass is 10.0. The highest BCUT2D eigenvalue weighted by Gasteiger charge is 2.30. The van der Waals surface area contributed by atoms with Crippen LogP contribution in [0.2, 0.25) is 0 Å². The second kappa shape index (κ2) is 7.01. The SMILES string of the molecule is Cc1nn(C)c(C)c1C1CCCN1CCC(=O)N1CCNCC1. The van der Waals surface area contributed by atoms with Gasteiger partial charge < -0.3 is 10.2 Å². The summed E-state index contributed by atoms with van der Waals surface area (Å²) in [5, 5.41) is 7.86. The van der Waals surface area contributed by atoms with Crippen LogP contribution in [0.4, 0.5) is 0 Å². The number of carbonyl (C=O) groups excluding carboxylic acids is 1. The van der Waals surface area contributed by atoms with Crippen molar-refractivity contribution in [1.82, 2.24) is 24.9 Å². The maximum atomic E-state index is 12.4. The Morgan fingerprint density at radius 2 is 2.00 bits per heavy atom. The number of nitrogens with zero attached hydrogens (tertiary/aromatic N) is 4. The summed E-state index contributed by atoms with van der Waals surface area (Å²) in [5.41, 5.74) is 3.77. The Labute approximate surface area is 138 Å². The number of nitrogens with one attached hydrogen (secondary N) is 1. The van der Waals surface area contributed by atoms with E-state index in [1.165, 1.54) is 24.1 Å². The Bertz CT molecular complexity index is 562. The molecule has 1 unspecified atom stereocenters. The molecule has 1 atom stereocenters. The number of carbonyl (C=O) groups is 1. The van der Waals surface area contributed by atoms with E-state index in [0.29, 0.717) is 18.4 Å². The highest BCUT2D eigenvalue weighted by atomic mass is 16.2. The van der Waals surface area contributed by atoms with Gasteiger partial charge in [0.05, 0.1) is 5.69 Å². The molecule has 6 heteroatoms. The van der Waals surface area contributed by atoms with Gasteiger partial charge in [-0.2, -0.15) is 5.10 Å². The van der Waals surface area contributed by atoms with Crippen LogP contribution < -0.4 is 5.32 Å². The lowest BCUT2D eigenvalue weighted by molar-refractivity contribution is -0.132. The molecule has 0 aromatic carbocycles. The van der Waals surface area contributed by atoms with Gasteiger partial charge in [-0.05, 0) is 33.2 Å². The standard InChI is InChI=1S/C17H29N5O/c1-13-17(14(2)20(3)19-13)15-5-4-9-21(15)10-6-16(23)22-11-7-18-8-12-22/h15,18H,4-12H2,1-3H3. The number of rotatable bonds is 4. The average molecular weight is 319 g/mol. The molecule has 3 rings (SSSR count). The minimum absolute atomic E-state index is 0.303. The van der Waals surface area contributed by atoms with Gasteiger partial charge in [0.25, 0.3) is 0 Å². The Kier molecular flexibility index (Phi) is 5.02. The molecule has 0 aliphatic carbocycles. The number of amides is 1. The van der Waals surface area contributed by atoms with Crippen molar-refractivity contribution >= 4 is 5.91 Å². The average Bonchev–Trinajstić information content (AvgIpc) is 3.10. The number of aromatic nitrogens is 2. The lowest BCUT2D eigenvalue weighted by Gasteiger charge is -2.29. The van der Waals surface area contributed by atoms with Crippen LogP contribution in [0.25, 0.3) is 0 Å². The van der Waals surface area contributed by atoms with Crippen molar-refractivity contribution in [3.8, 4) is 0 Å². The molecular weight excluding hydrogens is 290 g/mol. The van der Waals surface area contributed by atoms with E-state index in [0.717, 1.165) is 45.0 Å². The second-order valence-corrected chi connectivity index (χ2v) is 6.78. The maximum Gasteiger partial charge on any atom is 0.223 e. The summed E-state index contributed by atoms with van der Waals surface area (Å²) in [4.78, 5) is 16.9. The van der Waals surface area contributed by atoms with Crippen LogP contribution in [0.1, 0.15) is 42.3 Å². The largest absolute Gasteiger partial charge is 0.340 e. The molecular formula is C17H29N5O. The summed E-state index contributed by atoms with van der Waals surface area (Å²) in [7, 11) is 2.01. The minimum atomic E-state index is 0.303. The fourth-order valence-electron chi connectivity index (χ4n) is 4.00. The number of piperazine rings is 1. The molecule has 2 fully saturated rings. The number of aryl methyl sites for hydroxylation is 2. The van der Waals surface area contributed by atoms with Crippen LogP contribution in [-0.4, -0.2) is 64.8 Å². The van der Waals surface area contributed by atoms with Crippen LogP contribution in [-0.2, 0) is 11.8 Å². The van der Waals surface area contributed by atoms with E-state index >= 15 is 0 Å². The molecule has 0 spiro atoms. The first-order valence-corrected chi connectivity index (χ1v) is 8.80. The van der Waals surface area contributed by atoms with Crippen molar-refractivity contribution in [2.75, 3.05) is 39.3 Å². The van der Waals surface area contributed by atoms with Crippen molar-refractivity contribution in [3.05, 3.63) is 17.0 Å². The monoisotopic (exact) mass is 319 g/mol. The van der Waals surface area contributed by atoms with Gasteiger partial charge in [0.15, 0.2) is 0 Å². The quantitative estimate of drug-likeness (QED) is 0.899. The predicted molar refractivity (Wildman–Crippen MR) is 90.3 cm³/mol. The van der Waals surface area contributed by atoms with Gasteiger partial charge in [-0.15, -0.1) is 0 Å². The molecule has 3 heterocycles. The third kappa shape index (κ3) is 3.43. The Hall–Kier alpha value is -1.40. The number of likely N-dealkylation sites (tertiary alicyclic amines) is 1. The highest BCUT2D eigenvalue weighted by Crippen LogP contribution is 2.35. The fourth-order valence-corrected chi connectivity index (χ4v) is 4.00. The zero-order chi connectivity index (χ0) is 16.4. The van der Waals surface area contributed by atoms with Crippen LogP contribution in [0.15, 0.2) is 0 Å². The molecule has 1 amide bonds. The van der Waals surface area contributed by atoms with Crippen molar-refractivity contribution in [2.24, 2.45) is 7.05 Å². The Morgan fingerprint density at radius 1 is 1.26 bits per heavy atom. The van der Waals surface area contributed by atoms with Crippen molar-refractivity contribution in [1.29, 1.82) is 0 Å². The van der Waals surface area contributed by atoms with Crippen LogP contribution >= 0.6 is 0 Å². The van der Waals surface area contributed by atoms with E-state index in [2.05, 4.69) is 29.2 Å². The zero-order valence-electron chi connectivity index (χ0n) is 14.6.